The predicted molar refractivity (Wildman–Crippen MR) is 106 cm³/mol. The molecule has 4 aliphatic rings. The summed E-state index contributed by atoms with van der Waals surface area (Å²) in [6.45, 7) is 0. The van der Waals surface area contributed by atoms with Gasteiger partial charge in [0.1, 0.15) is 0 Å². The zero-order chi connectivity index (χ0) is 17.8. The fourth-order valence-electron chi connectivity index (χ4n) is 6.13. The van der Waals surface area contributed by atoms with Gasteiger partial charge in [-0.1, -0.05) is 48.5 Å². The first-order valence-electron chi connectivity index (χ1n) is 9.70. The van der Waals surface area contributed by atoms with E-state index in [9.17, 15) is 4.79 Å². The van der Waals surface area contributed by atoms with Crippen LogP contribution < -0.4 is 5.32 Å². The van der Waals surface area contributed by atoms with E-state index >= 15 is 0 Å². The highest BCUT2D eigenvalue weighted by atomic mass is 35.5. The number of halogens is 1. The highest BCUT2D eigenvalue weighted by Gasteiger charge is 2.60. The van der Waals surface area contributed by atoms with Crippen LogP contribution in [0.1, 0.15) is 38.5 Å². The van der Waals surface area contributed by atoms with Gasteiger partial charge in [0.25, 0.3) is 0 Å². The molecule has 0 heterocycles. The second kappa shape index (κ2) is 5.85. The van der Waals surface area contributed by atoms with Crippen molar-refractivity contribution in [3.8, 4) is 11.1 Å². The summed E-state index contributed by atoms with van der Waals surface area (Å²) < 4.78 is 0. The van der Waals surface area contributed by atoms with Crippen molar-refractivity contribution in [2.24, 2.45) is 17.3 Å². The topological polar surface area (TPSA) is 29.1 Å². The van der Waals surface area contributed by atoms with Crippen LogP contribution in [-0.4, -0.2) is 10.8 Å². The number of carbonyl (C=O) groups is 1. The summed E-state index contributed by atoms with van der Waals surface area (Å²) in [5.74, 6) is 1.44. The summed E-state index contributed by atoms with van der Waals surface area (Å²) >= 11 is 6.91. The zero-order valence-corrected chi connectivity index (χ0v) is 15.6. The summed E-state index contributed by atoms with van der Waals surface area (Å²) in [5, 5.41) is 3.29. The van der Waals surface area contributed by atoms with Crippen molar-refractivity contribution in [1.29, 1.82) is 0 Å². The fraction of sp³-hybridized carbons (Fsp3) is 0.435. The van der Waals surface area contributed by atoms with Crippen molar-refractivity contribution in [2.45, 2.75) is 43.4 Å². The average molecular weight is 366 g/mol. The number of anilines is 1. The zero-order valence-electron chi connectivity index (χ0n) is 14.9. The number of carbonyl (C=O) groups excluding carboxylic acids is 1. The van der Waals surface area contributed by atoms with Crippen molar-refractivity contribution >= 4 is 23.2 Å². The Morgan fingerprint density at radius 3 is 2.27 bits per heavy atom. The number of rotatable bonds is 3. The number of alkyl halides is 1. The SMILES string of the molecule is O=C(Nc1ccccc1-c1ccccc1)C12CC3CC(CC(Cl)(C3)C1)C2. The highest BCUT2D eigenvalue weighted by Crippen LogP contribution is 2.64. The quantitative estimate of drug-likeness (QED) is 0.677. The molecule has 0 aromatic heterocycles. The Morgan fingerprint density at radius 1 is 0.923 bits per heavy atom. The number of hydrogen-bond acceptors (Lipinski definition) is 1. The molecule has 26 heavy (non-hydrogen) atoms. The molecule has 2 unspecified atom stereocenters. The van der Waals surface area contributed by atoms with Crippen molar-refractivity contribution in [3.05, 3.63) is 54.6 Å². The molecule has 4 bridgehead atoms. The lowest BCUT2D eigenvalue weighted by atomic mass is 9.49. The number of benzene rings is 2. The Hall–Kier alpha value is -1.80. The lowest BCUT2D eigenvalue weighted by Gasteiger charge is -2.59. The predicted octanol–water partition coefficient (Wildman–Crippen LogP) is 5.87. The van der Waals surface area contributed by atoms with E-state index in [0.29, 0.717) is 11.8 Å². The molecule has 1 N–H and O–H groups in total. The van der Waals surface area contributed by atoms with Crippen LogP contribution in [-0.2, 0) is 4.79 Å². The molecule has 2 aromatic rings. The maximum Gasteiger partial charge on any atom is 0.230 e. The first-order valence-corrected chi connectivity index (χ1v) is 10.1. The second-order valence-corrected chi connectivity index (χ2v) is 9.56. The third kappa shape index (κ3) is 2.66. The molecule has 1 amide bonds. The Balaban J connectivity index is 1.45. The van der Waals surface area contributed by atoms with E-state index < -0.39 is 0 Å². The monoisotopic (exact) mass is 365 g/mol. The van der Waals surface area contributed by atoms with Gasteiger partial charge in [0.15, 0.2) is 0 Å². The first-order chi connectivity index (χ1) is 12.6. The van der Waals surface area contributed by atoms with Gasteiger partial charge < -0.3 is 5.32 Å². The molecular weight excluding hydrogens is 342 g/mol. The number of hydrogen-bond donors (Lipinski definition) is 1. The van der Waals surface area contributed by atoms with Crippen molar-refractivity contribution in [1.82, 2.24) is 0 Å². The maximum atomic E-state index is 13.4. The second-order valence-electron chi connectivity index (χ2n) is 8.76. The summed E-state index contributed by atoms with van der Waals surface area (Å²) in [6.07, 6.45) is 6.33. The van der Waals surface area contributed by atoms with Crippen LogP contribution >= 0.6 is 11.6 Å². The van der Waals surface area contributed by atoms with Crippen LogP contribution in [0.2, 0.25) is 0 Å². The van der Waals surface area contributed by atoms with Gasteiger partial charge in [-0.05, 0) is 62.0 Å². The molecule has 0 radical (unpaired) electrons. The Kier molecular flexibility index (Phi) is 3.69. The van der Waals surface area contributed by atoms with Gasteiger partial charge in [0.05, 0.1) is 5.41 Å². The minimum Gasteiger partial charge on any atom is -0.325 e. The van der Waals surface area contributed by atoms with Crippen molar-refractivity contribution < 1.29 is 4.79 Å². The summed E-state index contributed by atoms with van der Waals surface area (Å²) in [6, 6.07) is 18.4. The van der Waals surface area contributed by atoms with E-state index in [-0.39, 0.29) is 16.2 Å². The number of para-hydroxylation sites is 1. The van der Waals surface area contributed by atoms with Crippen LogP contribution in [0.4, 0.5) is 5.69 Å². The molecule has 2 aromatic carbocycles. The molecule has 0 spiro atoms. The minimum atomic E-state index is -0.268. The van der Waals surface area contributed by atoms with Gasteiger partial charge in [-0.25, -0.2) is 0 Å². The van der Waals surface area contributed by atoms with Crippen LogP contribution in [0.5, 0.6) is 0 Å². The molecule has 0 aliphatic heterocycles. The van der Waals surface area contributed by atoms with E-state index in [1.54, 1.807) is 0 Å². The molecular formula is C23H24ClNO. The lowest BCUT2D eigenvalue weighted by molar-refractivity contribution is -0.138. The Morgan fingerprint density at radius 2 is 1.58 bits per heavy atom. The van der Waals surface area contributed by atoms with E-state index in [4.69, 9.17) is 11.6 Å². The number of nitrogens with one attached hydrogen (secondary N) is 1. The molecule has 0 saturated heterocycles. The van der Waals surface area contributed by atoms with E-state index in [2.05, 4.69) is 23.5 Å². The van der Waals surface area contributed by atoms with Crippen LogP contribution in [0, 0.1) is 17.3 Å². The molecule has 134 valence electrons. The van der Waals surface area contributed by atoms with Crippen LogP contribution in [0.3, 0.4) is 0 Å². The van der Waals surface area contributed by atoms with Gasteiger partial charge in [0, 0.05) is 16.1 Å². The maximum absolute atomic E-state index is 13.4. The van der Waals surface area contributed by atoms with Gasteiger partial charge in [-0.3, -0.25) is 4.79 Å². The molecule has 4 fully saturated rings. The fourth-order valence-corrected chi connectivity index (χ4v) is 6.83. The van der Waals surface area contributed by atoms with Crippen LogP contribution in [0.25, 0.3) is 11.1 Å². The molecule has 2 atom stereocenters. The van der Waals surface area contributed by atoms with Crippen LogP contribution in [0.15, 0.2) is 54.6 Å². The normalized spacial score (nSPS) is 34.7. The third-order valence-electron chi connectivity index (χ3n) is 6.73. The average Bonchev–Trinajstić information content (AvgIpc) is 2.61. The smallest absolute Gasteiger partial charge is 0.230 e. The van der Waals surface area contributed by atoms with E-state index in [1.807, 2.05) is 36.4 Å². The summed E-state index contributed by atoms with van der Waals surface area (Å²) in [4.78, 5) is 13.3. The minimum absolute atomic E-state index is 0.139. The number of amides is 1. The Labute approximate surface area is 160 Å². The molecule has 3 heteroatoms. The van der Waals surface area contributed by atoms with Crippen molar-refractivity contribution in [3.63, 3.8) is 0 Å². The van der Waals surface area contributed by atoms with E-state index in [1.165, 1.54) is 6.42 Å². The van der Waals surface area contributed by atoms with E-state index in [0.717, 1.165) is 48.9 Å². The summed E-state index contributed by atoms with van der Waals surface area (Å²) in [7, 11) is 0. The largest absolute Gasteiger partial charge is 0.325 e. The first kappa shape index (κ1) is 16.4. The molecule has 6 rings (SSSR count). The lowest BCUT2D eigenvalue weighted by Crippen LogP contribution is -2.57. The Bertz CT molecular complexity index is 832. The van der Waals surface area contributed by atoms with Gasteiger partial charge in [-0.15, -0.1) is 11.6 Å². The van der Waals surface area contributed by atoms with Gasteiger partial charge in [0.2, 0.25) is 5.91 Å². The molecule has 4 aliphatic carbocycles. The van der Waals surface area contributed by atoms with Gasteiger partial charge >= 0.3 is 0 Å². The summed E-state index contributed by atoms with van der Waals surface area (Å²) in [5.41, 5.74) is 2.84. The standard InChI is InChI=1S/C23H24ClNO/c24-23-13-16-10-17(14-23)12-22(11-16,15-23)21(26)25-20-9-5-4-8-19(20)18-6-2-1-3-7-18/h1-9,16-17H,10-15H2,(H,25,26). The third-order valence-corrected chi connectivity index (χ3v) is 7.17. The molecule has 4 saturated carbocycles. The highest BCUT2D eigenvalue weighted by molar-refractivity contribution is 6.24. The van der Waals surface area contributed by atoms with Gasteiger partial charge in [-0.2, -0.15) is 0 Å². The molecule has 2 nitrogen and oxygen atoms in total. The van der Waals surface area contributed by atoms with Crippen molar-refractivity contribution in [2.75, 3.05) is 5.32 Å².